The average molecular weight is 406 g/mol. The van der Waals surface area contributed by atoms with Crippen LogP contribution in [0.3, 0.4) is 0 Å². The van der Waals surface area contributed by atoms with Crippen molar-refractivity contribution in [2.24, 2.45) is 5.92 Å². The lowest BCUT2D eigenvalue weighted by Gasteiger charge is -2.20. The number of fused-ring (bicyclic) bond motifs is 1. The van der Waals surface area contributed by atoms with Crippen molar-refractivity contribution in [3.63, 3.8) is 0 Å². The first-order chi connectivity index (χ1) is 14.5. The Morgan fingerprint density at radius 1 is 1.23 bits per heavy atom. The van der Waals surface area contributed by atoms with E-state index in [1.54, 1.807) is 12.0 Å². The van der Waals surface area contributed by atoms with Crippen molar-refractivity contribution in [1.29, 1.82) is 0 Å². The molecule has 7 heteroatoms. The summed E-state index contributed by atoms with van der Waals surface area (Å²) in [6.45, 7) is 5.41. The number of aromatic nitrogens is 2. The van der Waals surface area contributed by atoms with E-state index in [9.17, 15) is 9.59 Å². The van der Waals surface area contributed by atoms with E-state index < -0.39 is 0 Å². The Kier molecular flexibility index (Phi) is 5.44. The highest BCUT2D eigenvalue weighted by Crippen LogP contribution is 2.33. The zero-order valence-electron chi connectivity index (χ0n) is 17.5. The number of aryl methyl sites for hydroxylation is 2. The van der Waals surface area contributed by atoms with Crippen LogP contribution in [-0.2, 0) is 16.1 Å². The Balaban J connectivity index is 1.40. The van der Waals surface area contributed by atoms with Crippen molar-refractivity contribution in [1.82, 2.24) is 14.9 Å². The molecular formula is C23H26N4O3. The van der Waals surface area contributed by atoms with Gasteiger partial charge in [0.1, 0.15) is 11.6 Å². The van der Waals surface area contributed by atoms with E-state index in [1.807, 2.05) is 56.3 Å². The molecule has 1 aromatic heterocycles. The summed E-state index contributed by atoms with van der Waals surface area (Å²) in [4.78, 5) is 31.5. The largest absolute Gasteiger partial charge is 0.495 e. The zero-order valence-corrected chi connectivity index (χ0v) is 17.5. The van der Waals surface area contributed by atoms with Crippen molar-refractivity contribution < 1.29 is 14.3 Å². The number of carbonyl (C=O) groups excluding carboxylic acids is 2. The SMILES string of the molecule is COc1ccc(C)cc1N1CC(C(=O)NCCn2c(C)nc3ccccc32)CC1=O. The summed E-state index contributed by atoms with van der Waals surface area (Å²) in [6.07, 6.45) is 0.204. The van der Waals surface area contributed by atoms with Crippen molar-refractivity contribution in [3.8, 4) is 5.75 Å². The van der Waals surface area contributed by atoms with Crippen LogP contribution in [0.1, 0.15) is 17.8 Å². The minimum absolute atomic E-state index is 0.0597. The topological polar surface area (TPSA) is 76.5 Å². The van der Waals surface area contributed by atoms with E-state index in [2.05, 4.69) is 14.9 Å². The molecule has 0 bridgehead atoms. The summed E-state index contributed by atoms with van der Waals surface area (Å²) in [6, 6.07) is 13.7. The smallest absolute Gasteiger partial charge is 0.227 e. The first kappa shape index (κ1) is 19.9. The summed E-state index contributed by atoms with van der Waals surface area (Å²) in [7, 11) is 1.58. The van der Waals surface area contributed by atoms with Gasteiger partial charge in [-0.05, 0) is 43.7 Å². The number of amides is 2. The molecule has 2 amide bonds. The Morgan fingerprint density at radius 3 is 2.83 bits per heavy atom. The molecule has 2 aromatic carbocycles. The maximum Gasteiger partial charge on any atom is 0.227 e. The fourth-order valence-electron chi connectivity index (χ4n) is 4.04. The molecule has 0 radical (unpaired) electrons. The van der Waals surface area contributed by atoms with Crippen molar-refractivity contribution >= 4 is 28.5 Å². The Hall–Kier alpha value is -3.35. The molecule has 0 aliphatic carbocycles. The van der Waals surface area contributed by atoms with E-state index in [4.69, 9.17) is 4.74 Å². The van der Waals surface area contributed by atoms with Crippen molar-refractivity contribution in [2.45, 2.75) is 26.8 Å². The van der Waals surface area contributed by atoms with Gasteiger partial charge in [0.05, 0.1) is 29.7 Å². The van der Waals surface area contributed by atoms with Crippen molar-refractivity contribution in [3.05, 3.63) is 53.9 Å². The monoisotopic (exact) mass is 406 g/mol. The lowest BCUT2D eigenvalue weighted by atomic mass is 10.1. The van der Waals surface area contributed by atoms with Crippen LogP contribution >= 0.6 is 0 Å². The molecule has 30 heavy (non-hydrogen) atoms. The molecule has 1 unspecified atom stereocenters. The summed E-state index contributed by atoms with van der Waals surface area (Å²) >= 11 is 0. The number of para-hydroxylation sites is 2. The highest BCUT2D eigenvalue weighted by atomic mass is 16.5. The zero-order chi connectivity index (χ0) is 21.3. The third-order valence-electron chi connectivity index (χ3n) is 5.60. The molecule has 0 spiro atoms. The molecule has 1 atom stereocenters. The van der Waals surface area contributed by atoms with Gasteiger partial charge < -0.3 is 19.5 Å². The summed E-state index contributed by atoms with van der Waals surface area (Å²) in [5, 5.41) is 2.99. The number of nitrogens with one attached hydrogen (secondary N) is 1. The van der Waals surface area contributed by atoms with Gasteiger partial charge in [0.25, 0.3) is 0 Å². The summed E-state index contributed by atoms with van der Waals surface area (Å²) in [5.74, 6) is 1.02. The van der Waals surface area contributed by atoms with Crippen LogP contribution in [0.15, 0.2) is 42.5 Å². The van der Waals surface area contributed by atoms with Gasteiger partial charge in [-0.15, -0.1) is 0 Å². The van der Waals surface area contributed by atoms with E-state index in [0.717, 1.165) is 28.1 Å². The third-order valence-corrected chi connectivity index (χ3v) is 5.60. The summed E-state index contributed by atoms with van der Waals surface area (Å²) in [5.41, 5.74) is 3.76. The maximum absolute atomic E-state index is 12.7. The van der Waals surface area contributed by atoms with Crippen LogP contribution in [0.5, 0.6) is 5.75 Å². The number of imidazole rings is 1. The second-order valence-corrected chi connectivity index (χ2v) is 7.67. The lowest BCUT2D eigenvalue weighted by Crippen LogP contribution is -2.35. The molecule has 1 saturated heterocycles. The first-order valence-electron chi connectivity index (χ1n) is 10.1. The van der Waals surface area contributed by atoms with Crippen LogP contribution < -0.4 is 15.0 Å². The Bertz CT molecular complexity index is 1110. The number of anilines is 1. The minimum Gasteiger partial charge on any atom is -0.495 e. The number of rotatable bonds is 6. The van der Waals surface area contributed by atoms with Gasteiger partial charge in [0.15, 0.2) is 0 Å². The van der Waals surface area contributed by atoms with Crippen LogP contribution in [-0.4, -0.2) is 41.6 Å². The number of ether oxygens (including phenoxy) is 1. The van der Waals surface area contributed by atoms with Crippen LogP contribution in [0.2, 0.25) is 0 Å². The van der Waals surface area contributed by atoms with Gasteiger partial charge in [0.2, 0.25) is 11.8 Å². The fourth-order valence-corrected chi connectivity index (χ4v) is 4.04. The number of hydrogen-bond donors (Lipinski definition) is 1. The number of carbonyl (C=O) groups is 2. The molecule has 4 rings (SSSR count). The van der Waals surface area contributed by atoms with Crippen LogP contribution in [0.4, 0.5) is 5.69 Å². The molecule has 156 valence electrons. The number of hydrogen-bond acceptors (Lipinski definition) is 4. The molecule has 0 saturated carbocycles. The van der Waals surface area contributed by atoms with Crippen LogP contribution in [0, 0.1) is 19.8 Å². The Labute approximate surface area is 175 Å². The molecule has 1 N–H and O–H groups in total. The molecule has 7 nitrogen and oxygen atoms in total. The molecule has 3 aromatic rings. The highest BCUT2D eigenvalue weighted by Gasteiger charge is 2.36. The molecular weight excluding hydrogens is 380 g/mol. The van der Waals surface area contributed by atoms with Gasteiger partial charge in [0, 0.05) is 26.1 Å². The molecule has 1 fully saturated rings. The van der Waals surface area contributed by atoms with Gasteiger partial charge >= 0.3 is 0 Å². The normalized spacial score (nSPS) is 16.3. The summed E-state index contributed by atoms with van der Waals surface area (Å²) < 4.78 is 7.50. The molecule has 1 aliphatic rings. The molecule has 2 heterocycles. The second-order valence-electron chi connectivity index (χ2n) is 7.67. The van der Waals surface area contributed by atoms with Crippen LogP contribution in [0.25, 0.3) is 11.0 Å². The maximum atomic E-state index is 12.7. The number of methoxy groups -OCH3 is 1. The first-order valence-corrected chi connectivity index (χ1v) is 10.1. The van der Waals surface area contributed by atoms with Crippen molar-refractivity contribution in [2.75, 3.05) is 25.1 Å². The quantitative estimate of drug-likeness (QED) is 0.683. The van der Waals surface area contributed by atoms with E-state index in [0.29, 0.717) is 25.4 Å². The predicted octanol–water partition coefficient (Wildman–Crippen LogP) is 2.83. The molecule has 1 aliphatic heterocycles. The lowest BCUT2D eigenvalue weighted by molar-refractivity contribution is -0.126. The van der Waals surface area contributed by atoms with Gasteiger partial charge in [-0.1, -0.05) is 18.2 Å². The second kappa shape index (κ2) is 8.18. The Morgan fingerprint density at radius 2 is 2.03 bits per heavy atom. The number of benzene rings is 2. The van der Waals surface area contributed by atoms with Gasteiger partial charge in [-0.2, -0.15) is 0 Å². The predicted molar refractivity (Wildman–Crippen MR) is 116 cm³/mol. The third kappa shape index (κ3) is 3.75. The number of nitrogens with zero attached hydrogens (tertiary/aromatic N) is 3. The fraction of sp³-hybridized carbons (Fsp3) is 0.348. The minimum atomic E-state index is -0.372. The van der Waals surface area contributed by atoms with Gasteiger partial charge in [-0.3, -0.25) is 9.59 Å². The van der Waals surface area contributed by atoms with E-state index in [-0.39, 0.29) is 24.2 Å². The van der Waals surface area contributed by atoms with E-state index in [1.165, 1.54) is 0 Å². The standard InChI is InChI=1S/C23H26N4O3/c1-15-8-9-21(30-3)20(12-15)27-14-17(13-22(27)28)23(29)24-10-11-26-16(2)25-18-6-4-5-7-19(18)26/h4-9,12,17H,10-11,13-14H2,1-3H3,(H,24,29). The average Bonchev–Trinajstić information content (AvgIpc) is 3.27. The highest BCUT2D eigenvalue weighted by molar-refractivity contribution is 6.01. The van der Waals surface area contributed by atoms with Gasteiger partial charge in [-0.25, -0.2) is 4.98 Å². The van der Waals surface area contributed by atoms with E-state index >= 15 is 0 Å².